The lowest BCUT2D eigenvalue weighted by Gasteiger charge is -2.28. The summed E-state index contributed by atoms with van der Waals surface area (Å²) in [6, 6.07) is 0.0237. The van der Waals surface area contributed by atoms with Crippen LogP contribution < -0.4 is 0 Å². The third-order valence-electron chi connectivity index (χ3n) is 3.04. The first-order chi connectivity index (χ1) is 8.75. The standard InChI is InChI=1S/C11H13ClN4O2/c1-7(9-6-17-2-3-18-9)16-11-8(4-14-16)13-5-10(12)15-11/h4-5,7,9H,2-3,6H2,1H3/t7-,9+/m1/s1. The molecule has 2 aromatic heterocycles. The topological polar surface area (TPSA) is 62.1 Å². The number of halogens is 1. The fraction of sp³-hybridized carbons (Fsp3) is 0.545. The zero-order valence-electron chi connectivity index (χ0n) is 9.91. The van der Waals surface area contributed by atoms with Crippen molar-refractivity contribution in [2.75, 3.05) is 19.8 Å². The van der Waals surface area contributed by atoms with Gasteiger partial charge in [0, 0.05) is 0 Å². The molecule has 3 heterocycles. The Morgan fingerprint density at radius 1 is 1.44 bits per heavy atom. The van der Waals surface area contributed by atoms with Crippen LogP contribution in [0.2, 0.25) is 5.15 Å². The van der Waals surface area contributed by atoms with Crippen LogP contribution in [0.25, 0.3) is 11.2 Å². The Morgan fingerprint density at radius 2 is 2.33 bits per heavy atom. The number of rotatable bonds is 2. The summed E-state index contributed by atoms with van der Waals surface area (Å²) in [4.78, 5) is 8.44. The van der Waals surface area contributed by atoms with E-state index in [-0.39, 0.29) is 12.1 Å². The van der Waals surface area contributed by atoms with Crippen LogP contribution in [0.5, 0.6) is 0 Å². The van der Waals surface area contributed by atoms with E-state index in [1.807, 2.05) is 6.92 Å². The molecule has 0 amide bonds. The highest BCUT2D eigenvalue weighted by Crippen LogP contribution is 2.21. The molecule has 0 bridgehead atoms. The summed E-state index contributed by atoms with van der Waals surface area (Å²) in [5, 5.41) is 4.67. The van der Waals surface area contributed by atoms with Gasteiger partial charge >= 0.3 is 0 Å². The summed E-state index contributed by atoms with van der Waals surface area (Å²) in [5.41, 5.74) is 1.40. The molecule has 1 aliphatic rings. The maximum absolute atomic E-state index is 5.87. The predicted octanol–water partition coefficient (Wildman–Crippen LogP) is 1.46. The Hall–Kier alpha value is -1.24. The minimum absolute atomic E-state index is 0.0237. The van der Waals surface area contributed by atoms with Crippen LogP contribution in [0.3, 0.4) is 0 Å². The van der Waals surface area contributed by atoms with Gasteiger partial charge in [-0.15, -0.1) is 0 Å². The van der Waals surface area contributed by atoms with E-state index in [0.717, 1.165) is 5.52 Å². The highest BCUT2D eigenvalue weighted by atomic mass is 35.5. The smallest absolute Gasteiger partial charge is 0.178 e. The van der Waals surface area contributed by atoms with Crippen molar-refractivity contribution >= 4 is 22.8 Å². The van der Waals surface area contributed by atoms with Gasteiger partial charge in [0.1, 0.15) is 16.8 Å². The molecule has 1 aliphatic heterocycles. The normalized spacial score (nSPS) is 22.2. The van der Waals surface area contributed by atoms with E-state index in [0.29, 0.717) is 30.6 Å². The molecule has 3 rings (SSSR count). The lowest BCUT2D eigenvalue weighted by atomic mass is 10.2. The van der Waals surface area contributed by atoms with Crippen molar-refractivity contribution in [1.29, 1.82) is 0 Å². The average molecular weight is 269 g/mol. The molecule has 0 saturated carbocycles. The maximum atomic E-state index is 5.87. The molecule has 18 heavy (non-hydrogen) atoms. The molecule has 96 valence electrons. The first-order valence-electron chi connectivity index (χ1n) is 5.81. The molecule has 0 radical (unpaired) electrons. The molecule has 7 heteroatoms. The summed E-state index contributed by atoms with van der Waals surface area (Å²) in [6.07, 6.45) is 3.17. The Kier molecular flexibility index (Phi) is 3.15. The van der Waals surface area contributed by atoms with Gasteiger partial charge in [0.15, 0.2) is 5.65 Å². The van der Waals surface area contributed by atoms with Gasteiger partial charge in [-0.3, -0.25) is 0 Å². The largest absolute Gasteiger partial charge is 0.376 e. The van der Waals surface area contributed by atoms with E-state index in [1.165, 1.54) is 6.20 Å². The van der Waals surface area contributed by atoms with Crippen molar-refractivity contribution in [3.05, 3.63) is 17.5 Å². The minimum Gasteiger partial charge on any atom is -0.376 e. The van der Waals surface area contributed by atoms with Gasteiger partial charge in [-0.1, -0.05) is 11.6 Å². The molecule has 1 fully saturated rings. The van der Waals surface area contributed by atoms with Crippen molar-refractivity contribution in [2.24, 2.45) is 0 Å². The van der Waals surface area contributed by atoms with E-state index in [4.69, 9.17) is 21.1 Å². The molecule has 1 saturated heterocycles. The zero-order chi connectivity index (χ0) is 12.5. The SMILES string of the molecule is C[C@H]([C@@H]1COCCO1)n1ncc2ncc(Cl)nc21. The molecule has 0 aromatic carbocycles. The molecule has 0 unspecified atom stereocenters. The highest BCUT2D eigenvalue weighted by Gasteiger charge is 2.25. The second kappa shape index (κ2) is 4.79. The summed E-state index contributed by atoms with van der Waals surface area (Å²) in [7, 11) is 0. The van der Waals surface area contributed by atoms with Gasteiger partial charge in [0.05, 0.1) is 38.3 Å². The van der Waals surface area contributed by atoms with E-state index in [2.05, 4.69) is 15.1 Å². The monoisotopic (exact) mass is 268 g/mol. The minimum atomic E-state index is -0.0253. The Labute approximate surface area is 109 Å². The lowest BCUT2D eigenvalue weighted by molar-refractivity contribution is -0.106. The Balaban J connectivity index is 1.95. The second-order valence-electron chi connectivity index (χ2n) is 4.22. The number of hydrogen-bond acceptors (Lipinski definition) is 5. The highest BCUT2D eigenvalue weighted by molar-refractivity contribution is 6.29. The first kappa shape index (κ1) is 11.8. The molecular formula is C11H13ClN4O2. The third-order valence-corrected chi connectivity index (χ3v) is 3.22. The van der Waals surface area contributed by atoms with Crippen molar-refractivity contribution < 1.29 is 9.47 Å². The molecule has 2 atom stereocenters. The van der Waals surface area contributed by atoms with Crippen LogP contribution in [0, 0.1) is 0 Å². The summed E-state index contributed by atoms with van der Waals surface area (Å²) in [5.74, 6) is 0. The van der Waals surface area contributed by atoms with Crippen LogP contribution in [0.15, 0.2) is 12.4 Å². The van der Waals surface area contributed by atoms with Gasteiger partial charge < -0.3 is 9.47 Å². The van der Waals surface area contributed by atoms with Crippen LogP contribution in [-0.4, -0.2) is 45.7 Å². The second-order valence-corrected chi connectivity index (χ2v) is 4.60. The summed E-state index contributed by atoms with van der Waals surface area (Å²) >= 11 is 5.87. The number of aromatic nitrogens is 4. The van der Waals surface area contributed by atoms with Crippen LogP contribution in [0.4, 0.5) is 0 Å². The number of ether oxygens (including phenoxy) is 2. The van der Waals surface area contributed by atoms with E-state index in [9.17, 15) is 0 Å². The Morgan fingerprint density at radius 3 is 3.11 bits per heavy atom. The first-order valence-corrected chi connectivity index (χ1v) is 6.18. The predicted molar refractivity (Wildman–Crippen MR) is 65.6 cm³/mol. The van der Waals surface area contributed by atoms with Crippen LogP contribution >= 0.6 is 11.6 Å². The van der Waals surface area contributed by atoms with Crippen molar-refractivity contribution in [3.63, 3.8) is 0 Å². The molecule has 2 aromatic rings. The number of nitrogens with zero attached hydrogens (tertiary/aromatic N) is 4. The van der Waals surface area contributed by atoms with Gasteiger partial charge in [-0.25, -0.2) is 14.6 Å². The van der Waals surface area contributed by atoms with Gasteiger partial charge in [0.2, 0.25) is 0 Å². The molecule has 0 aliphatic carbocycles. The molecule has 6 nitrogen and oxygen atoms in total. The fourth-order valence-electron chi connectivity index (χ4n) is 2.04. The van der Waals surface area contributed by atoms with Crippen molar-refractivity contribution in [1.82, 2.24) is 19.7 Å². The maximum Gasteiger partial charge on any atom is 0.178 e. The van der Waals surface area contributed by atoms with E-state index < -0.39 is 0 Å². The molecular weight excluding hydrogens is 256 g/mol. The summed E-state index contributed by atoms with van der Waals surface area (Å²) < 4.78 is 12.9. The van der Waals surface area contributed by atoms with E-state index in [1.54, 1.807) is 10.9 Å². The number of hydrogen-bond donors (Lipinski definition) is 0. The lowest BCUT2D eigenvalue weighted by Crippen LogP contribution is -2.35. The van der Waals surface area contributed by atoms with Crippen molar-refractivity contribution in [3.8, 4) is 0 Å². The molecule has 0 N–H and O–H groups in total. The zero-order valence-corrected chi connectivity index (χ0v) is 10.7. The van der Waals surface area contributed by atoms with E-state index >= 15 is 0 Å². The van der Waals surface area contributed by atoms with Gasteiger partial charge in [-0.05, 0) is 6.92 Å². The Bertz CT molecular complexity index is 553. The fourth-order valence-corrected chi connectivity index (χ4v) is 2.17. The van der Waals surface area contributed by atoms with Crippen LogP contribution in [-0.2, 0) is 9.47 Å². The quantitative estimate of drug-likeness (QED) is 0.825. The summed E-state index contributed by atoms with van der Waals surface area (Å²) in [6.45, 7) is 3.85. The van der Waals surface area contributed by atoms with Gasteiger partial charge in [-0.2, -0.15) is 5.10 Å². The number of fused-ring (bicyclic) bond motifs is 1. The third kappa shape index (κ3) is 2.07. The average Bonchev–Trinajstić information content (AvgIpc) is 2.82. The van der Waals surface area contributed by atoms with Gasteiger partial charge in [0.25, 0.3) is 0 Å². The van der Waals surface area contributed by atoms with Crippen molar-refractivity contribution in [2.45, 2.75) is 19.1 Å². The molecule has 0 spiro atoms. The van der Waals surface area contributed by atoms with Crippen LogP contribution in [0.1, 0.15) is 13.0 Å².